The van der Waals surface area contributed by atoms with Crippen molar-refractivity contribution in [1.29, 1.82) is 0 Å². The van der Waals surface area contributed by atoms with Crippen molar-refractivity contribution in [1.82, 2.24) is 16.0 Å². The van der Waals surface area contributed by atoms with E-state index < -0.39 is 0 Å². The lowest BCUT2D eigenvalue weighted by Gasteiger charge is -2.15. The molecular weight excluding hydrogens is 190 g/mol. The van der Waals surface area contributed by atoms with Gasteiger partial charge in [-0.25, -0.2) is 0 Å². The fourth-order valence-electron chi connectivity index (χ4n) is 1.90. The second kappa shape index (κ2) is 7.65. The zero-order valence-corrected chi connectivity index (χ0v) is 9.64. The van der Waals surface area contributed by atoms with Crippen LogP contribution >= 0.6 is 0 Å². The predicted molar refractivity (Wildman–Crippen MR) is 61.8 cm³/mol. The molecule has 0 aromatic rings. The number of nitrogens with one attached hydrogen (secondary N) is 3. The number of amides is 1. The summed E-state index contributed by atoms with van der Waals surface area (Å²) in [5.74, 6) is 0.150. The fourth-order valence-corrected chi connectivity index (χ4v) is 1.90. The fraction of sp³-hybridized carbons (Fsp3) is 0.909. The average molecular weight is 213 g/mol. The Labute approximate surface area is 92.2 Å². The van der Waals surface area contributed by atoms with Crippen LogP contribution in [0.5, 0.6) is 0 Å². The van der Waals surface area contributed by atoms with Gasteiger partial charge >= 0.3 is 0 Å². The molecule has 1 atom stereocenters. The number of carbonyl (C=O) groups is 1. The zero-order chi connectivity index (χ0) is 10.9. The summed E-state index contributed by atoms with van der Waals surface area (Å²) in [6.07, 6.45) is 4.23. The van der Waals surface area contributed by atoms with Gasteiger partial charge in [-0.1, -0.05) is 0 Å². The minimum absolute atomic E-state index is 0.150. The van der Waals surface area contributed by atoms with Crippen LogP contribution in [0.1, 0.15) is 32.6 Å². The van der Waals surface area contributed by atoms with Gasteiger partial charge in [0.1, 0.15) is 0 Å². The lowest BCUT2D eigenvalue weighted by Crippen LogP contribution is -2.34. The molecule has 1 aliphatic heterocycles. The van der Waals surface area contributed by atoms with Crippen LogP contribution in [0, 0.1) is 0 Å². The maximum atomic E-state index is 11.2. The molecule has 1 heterocycles. The van der Waals surface area contributed by atoms with Crippen molar-refractivity contribution in [2.24, 2.45) is 0 Å². The Morgan fingerprint density at radius 3 is 3.07 bits per heavy atom. The molecule has 1 saturated heterocycles. The Kier molecular flexibility index (Phi) is 6.36. The lowest BCUT2D eigenvalue weighted by atomic mass is 10.1. The molecule has 1 aliphatic rings. The summed E-state index contributed by atoms with van der Waals surface area (Å²) in [6.45, 7) is 5.71. The van der Waals surface area contributed by atoms with E-state index in [1.165, 1.54) is 19.3 Å². The SMILES string of the molecule is CCNC(=O)CCNC1CCCNCC1. The van der Waals surface area contributed by atoms with E-state index in [0.717, 1.165) is 26.2 Å². The summed E-state index contributed by atoms with van der Waals surface area (Å²) >= 11 is 0. The molecule has 1 unspecified atom stereocenters. The molecule has 4 nitrogen and oxygen atoms in total. The largest absolute Gasteiger partial charge is 0.356 e. The van der Waals surface area contributed by atoms with Gasteiger partial charge in [-0.15, -0.1) is 0 Å². The van der Waals surface area contributed by atoms with Gasteiger partial charge in [-0.3, -0.25) is 4.79 Å². The van der Waals surface area contributed by atoms with Crippen molar-refractivity contribution >= 4 is 5.91 Å². The van der Waals surface area contributed by atoms with Gasteiger partial charge in [0.05, 0.1) is 0 Å². The summed E-state index contributed by atoms with van der Waals surface area (Å²) in [5.41, 5.74) is 0. The van der Waals surface area contributed by atoms with E-state index in [9.17, 15) is 4.79 Å². The molecule has 0 aromatic heterocycles. The van der Waals surface area contributed by atoms with Crippen molar-refractivity contribution < 1.29 is 4.79 Å². The Morgan fingerprint density at radius 1 is 1.40 bits per heavy atom. The smallest absolute Gasteiger partial charge is 0.221 e. The zero-order valence-electron chi connectivity index (χ0n) is 9.64. The minimum Gasteiger partial charge on any atom is -0.356 e. The topological polar surface area (TPSA) is 53.2 Å². The molecule has 4 heteroatoms. The van der Waals surface area contributed by atoms with E-state index in [1.54, 1.807) is 0 Å². The van der Waals surface area contributed by atoms with Gasteiger partial charge in [0.15, 0.2) is 0 Å². The van der Waals surface area contributed by atoms with E-state index in [-0.39, 0.29) is 5.91 Å². The van der Waals surface area contributed by atoms with Crippen molar-refractivity contribution in [3.8, 4) is 0 Å². The van der Waals surface area contributed by atoms with Crippen molar-refractivity contribution in [3.63, 3.8) is 0 Å². The molecule has 1 amide bonds. The average Bonchev–Trinajstić information content (AvgIpc) is 2.47. The maximum Gasteiger partial charge on any atom is 0.221 e. The van der Waals surface area contributed by atoms with Crippen LogP contribution in [0.3, 0.4) is 0 Å². The normalized spacial score (nSPS) is 22.1. The monoisotopic (exact) mass is 213 g/mol. The third kappa shape index (κ3) is 5.74. The van der Waals surface area contributed by atoms with Crippen LogP contribution in [0.25, 0.3) is 0 Å². The molecule has 1 fully saturated rings. The number of rotatable bonds is 5. The molecule has 88 valence electrons. The van der Waals surface area contributed by atoms with Gasteiger partial charge in [0.2, 0.25) is 5.91 Å². The second-order valence-corrected chi connectivity index (χ2v) is 4.04. The first-order chi connectivity index (χ1) is 7.33. The molecule has 0 spiro atoms. The van der Waals surface area contributed by atoms with Crippen LogP contribution < -0.4 is 16.0 Å². The molecule has 0 bridgehead atoms. The molecule has 3 N–H and O–H groups in total. The molecule has 1 rings (SSSR count). The maximum absolute atomic E-state index is 11.2. The van der Waals surface area contributed by atoms with E-state index in [2.05, 4.69) is 16.0 Å². The first-order valence-electron chi connectivity index (χ1n) is 6.03. The minimum atomic E-state index is 0.150. The summed E-state index contributed by atoms with van der Waals surface area (Å²) in [6, 6.07) is 0.592. The first-order valence-corrected chi connectivity index (χ1v) is 6.03. The quantitative estimate of drug-likeness (QED) is 0.613. The first kappa shape index (κ1) is 12.5. The highest BCUT2D eigenvalue weighted by Crippen LogP contribution is 2.04. The molecule has 0 aliphatic carbocycles. The molecular formula is C11H23N3O. The van der Waals surface area contributed by atoms with E-state index in [4.69, 9.17) is 0 Å². The Balaban J connectivity index is 2.05. The highest BCUT2D eigenvalue weighted by molar-refractivity contribution is 5.75. The molecule has 15 heavy (non-hydrogen) atoms. The van der Waals surface area contributed by atoms with Gasteiger partial charge in [0.25, 0.3) is 0 Å². The van der Waals surface area contributed by atoms with E-state index >= 15 is 0 Å². The summed E-state index contributed by atoms with van der Waals surface area (Å²) in [5, 5.41) is 9.63. The van der Waals surface area contributed by atoms with E-state index in [0.29, 0.717) is 12.5 Å². The Bertz CT molecular complexity index is 177. The van der Waals surface area contributed by atoms with Crippen LogP contribution in [-0.2, 0) is 4.79 Å². The van der Waals surface area contributed by atoms with Crippen molar-refractivity contribution in [2.45, 2.75) is 38.6 Å². The van der Waals surface area contributed by atoms with Gasteiger partial charge in [-0.2, -0.15) is 0 Å². The van der Waals surface area contributed by atoms with Crippen molar-refractivity contribution in [2.75, 3.05) is 26.2 Å². The standard InChI is InChI=1S/C11H23N3O/c1-2-13-11(15)6-9-14-10-4-3-7-12-8-5-10/h10,12,14H,2-9H2,1H3,(H,13,15). The second-order valence-electron chi connectivity index (χ2n) is 4.04. The van der Waals surface area contributed by atoms with Crippen LogP contribution in [0.2, 0.25) is 0 Å². The summed E-state index contributed by atoms with van der Waals surface area (Å²) in [7, 11) is 0. The molecule has 0 radical (unpaired) electrons. The molecule has 0 saturated carbocycles. The van der Waals surface area contributed by atoms with Crippen molar-refractivity contribution in [3.05, 3.63) is 0 Å². The van der Waals surface area contributed by atoms with Gasteiger partial charge in [-0.05, 0) is 39.3 Å². The van der Waals surface area contributed by atoms with Crippen LogP contribution in [0.4, 0.5) is 0 Å². The van der Waals surface area contributed by atoms with Crippen LogP contribution in [0.15, 0.2) is 0 Å². The molecule has 0 aromatic carbocycles. The van der Waals surface area contributed by atoms with Gasteiger partial charge in [0, 0.05) is 25.6 Å². The summed E-state index contributed by atoms with van der Waals surface area (Å²) in [4.78, 5) is 11.2. The number of hydrogen-bond donors (Lipinski definition) is 3. The predicted octanol–water partition coefficient (Wildman–Crippen LogP) is 0.244. The highest BCUT2D eigenvalue weighted by atomic mass is 16.1. The van der Waals surface area contributed by atoms with Crippen LogP contribution in [-0.4, -0.2) is 38.1 Å². The van der Waals surface area contributed by atoms with Gasteiger partial charge < -0.3 is 16.0 Å². The number of hydrogen-bond acceptors (Lipinski definition) is 3. The number of carbonyl (C=O) groups excluding carboxylic acids is 1. The highest BCUT2D eigenvalue weighted by Gasteiger charge is 2.10. The third-order valence-corrected chi connectivity index (χ3v) is 2.73. The Hall–Kier alpha value is -0.610. The summed E-state index contributed by atoms with van der Waals surface area (Å²) < 4.78 is 0. The Morgan fingerprint density at radius 2 is 2.27 bits per heavy atom. The third-order valence-electron chi connectivity index (χ3n) is 2.73. The lowest BCUT2D eigenvalue weighted by molar-refractivity contribution is -0.120. The van der Waals surface area contributed by atoms with E-state index in [1.807, 2.05) is 6.92 Å².